The first-order valence-electron chi connectivity index (χ1n) is 9.06. The molecule has 0 saturated carbocycles. The fraction of sp³-hybridized carbons (Fsp3) is 0.136. The van der Waals surface area contributed by atoms with E-state index >= 15 is 0 Å². The van der Waals surface area contributed by atoms with Gasteiger partial charge in [-0.2, -0.15) is 5.10 Å². The summed E-state index contributed by atoms with van der Waals surface area (Å²) in [6.45, 7) is 0. The summed E-state index contributed by atoms with van der Waals surface area (Å²) in [4.78, 5) is 0. The van der Waals surface area contributed by atoms with Gasteiger partial charge >= 0.3 is 0 Å². The molecule has 2 atom stereocenters. The van der Waals surface area contributed by atoms with Crippen molar-refractivity contribution in [2.24, 2.45) is 5.10 Å². The van der Waals surface area contributed by atoms with E-state index in [0.29, 0.717) is 22.0 Å². The van der Waals surface area contributed by atoms with E-state index in [1.165, 1.54) is 6.07 Å². The molecule has 0 fully saturated rings. The SMILES string of the molecule is Oc1c(Cl)cc(Cl)cc1[C@H]1Oc2ccccc2[C@@H]2CC(c3ccc(Cl)cc3)=NN12. The molecule has 0 radical (unpaired) electrons. The maximum absolute atomic E-state index is 10.6. The van der Waals surface area contributed by atoms with Gasteiger partial charge in [0.2, 0.25) is 6.23 Å². The number of phenolic OH excluding ortho intramolecular Hbond substituents is 1. The van der Waals surface area contributed by atoms with Crippen molar-refractivity contribution in [2.45, 2.75) is 18.7 Å². The lowest BCUT2D eigenvalue weighted by molar-refractivity contribution is -0.0203. The van der Waals surface area contributed by atoms with E-state index in [1.54, 1.807) is 6.07 Å². The van der Waals surface area contributed by atoms with Crippen LogP contribution in [-0.2, 0) is 0 Å². The van der Waals surface area contributed by atoms with E-state index in [1.807, 2.05) is 53.5 Å². The number of fused-ring (bicyclic) bond motifs is 3. The highest BCUT2D eigenvalue weighted by Gasteiger charge is 2.42. The number of nitrogens with zero attached hydrogens (tertiary/aromatic N) is 2. The van der Waals surface area contributed by atoms with Crippen molar-refractivity contribution in [3.05, 3.63) is 92.4 Å². The Bertz CT molecular complexity index is 1130. The van der Waals surface area contributed by atoms with Gasteiger partial charge < -0.3 is 9.84 Å². The third-order valence-electron chi connectivity index (χ3n) is 5.20. The van der Waals surface area contributed by atoms with Crippen molar-refractivity contribution in [2.75, 3.05) is 0 Å². The fourth-order valence-corrected chi connectivity index (χ4v) is 4.47. The molecule has 0 amide bonds. The zero-order valence-corrected chi connectivity index (χ0v) is 17.3. The predicted octanol–water partition coefficient (Wildman–Crippen LogP) is 6.59. The number of hydrogen-bond donors (Lipinski definition) is 1. The second-order valence-electron chi connectivity index (χ2n) is 6.99. The lowest BCUT2D eigenvalue weighted by Crippen LogP contribution is -2.33. The van der Waals surface area contributed by atoms with Crippen molar-refractivity contribution in [1.82, 2.24) is 5.01 Å². The molecule has 2 aliphatic rings. The third kappa shape index (κ3) is 3.21. The van der Waals surface area contributed by atoms with Crippen LogP contribution in [0.4, 0.5) is 0 Å². The van der Waals surface area contributed by atoms with Crippen molar-refractivity contribution in [3.8, 4) is 11.5 Å². The average molecular weight is 446 g/mol. The van der Waals surface area contributed by atoms with Gasteiger partial charge in [-0.05, 0) is 35.9 Å². The monoisotopic (exact) mass is 444 g/mol. The Balaban J connectivity index is 1.63. The summed E-state index contributed by atoms with van der Waals surface area (Å²) >= 11 is 18.4. The van der Waals surface area contributed by atoms with E-state index in [2.05, 4.69) is 0 Å². The molecule has 0 unspecified atom stereocenters. The van der Waals surface area contributed by atoms with Gasteiger partial charge in [0.15, 0.2) is 0 Å². The topological polar surface area (TPSA) is 45.1 Å². The smallest absolute Gasteiger partial charge is 0.217 e. The predicted molar refractivity (Wildman–Crippen MR) is 115 cm³/mol. The Hall–Kier alpha value is -2.40. The van der Waals surface area contributed by atoms with Crippen LogP contribution < -0.4 is 4.74 Å². The van der Waals surface area contributed by atoms with Gasteiger partial charge in [-0.15, -0.1) is 0 Å². The van der Waals surface area contributed by atoms with Crippen LogP contribution in [0.5, 0.6) is 11.5 Å². The second-order valence-corrected chi connectivity index (χ2v) is 8.27. The van der Waals surface area contributed by atoms with Crippen molar-refractivity contribution >= 4 is 40.5 Å². The van der Waals surface area contributed by atoms with Crippen LogP contribution in [0.1, 0.15) is 35.4 Å². The Morgan fingerprint density at radius 3 is 2.48 bits per heavy atom. The van der Waals surface area contributed by atoms with Crippen LogP contribution in [0, 0.1) is 0 Å². The molecular weight excluding hydrogens is 431 g/mol. The number of hydrogen-bond acceptors (Lipinski definition) is 4. The minimum Gasteiger partial charge on any atom is -0.506 e. The van der Waals surface area contributed by atoms with Gasteiger partial charge in [0.05, 0.1) is 22.3 Å². The van der Waals surface area contributed by atoms with E-state index < -0.39 is 6.23 Å². The highest BCUT2D eigenvalue weighted by atomic mass is 35.5. The first kappa shape index (κ1) is 18.6. The lowest BCUT2D eigenvalue weighted by Gasteiger charge is -2.38. The van der Waals surface area contributed by atoms with E-state index in [0.717, 1.165) is 22.6 Å². The Morgan fingerprint density at radius 1 is 0.931 bits per heavy atom. The van der Waals surface area contributed by atoms with E-state index in [-0.39, 0.29) is 16.8 Å². The van der Waals surface area contributed by atoms with Crippen molar-refractivity contribution in [1.29, 1.82) is 0 Å². The summed E-state index contributed by atoms with van der Waals surface area (Å²) in [6, 6.07) is 18.6. The molecular formula is C22H15Cl3N2O2. The quantitative estimate of drug-likeness (QED) is 0.483. The van der Waals surface area contributed by atoms with Gasteiger partial charge in [-0.3, -0.25) is 0 Å². The maximum Gasteiger partial charge on any atom is 0.217 e. The molecule has 7 heteroatoms. The molecule has 2 heterocycles. The summed E-state index contributed by atoms with van der Waals surface area (Å²) in [5, 5.41) is 18.6. The number of phenols is 1. The van der Waals surface area contributed by atoms with Gasteiger partial charge in [0.1, 0.15) is 11.5 Å². The molecule has 0 aromatic heterocycles. The third-order valence-corrected chi connectivity index (χ3v) is 5.96. The molecule has 29 heavy (non-hydrogen) atoms. The first-order chi connectivity index (χ1) is 14.0. The highest BCUT2D eigenvalue weighted by Crippen LogP contribution is 2.49. The average Bonchev–Trinajstić information content (AvgIpc) is 3.16. The molecule has 5 rings (SSSR count). The Labute approximate surface area is 182 Å². The summed E-state index contributed by atoms with van der Waals surface area (Å²) < 4.78 is 6.25. The van der Waals surface area contributed by atoms with Gasteiger partial charge in [0, 0.05) is 22.0 Å². The summed E-state index contributed by atoms with van der Waals surface area (Å²) in [5.74, 6) is 0.691. The molecule has 146 valence electrons. The van der Waals surface area contributed by atoms with Crippen molar-refractivity contribution in [3.63, 3.8) is 0 Å². The van der Waals surface area contributed by atoms with Crippen LogP contribution in [0.3, 0.4) is 0 Å². The van der Waals surface area contributed by atoms with Crippen LogP contribution in [0.2, 0.25) is 15.1 Å². The molecule has 1 N–H and O–H groups in total. The van der Waals surface area contributed by atoms with Gasteiger partial charge in [0.25, 0.3) is 0 Å². The molecule has 0 aliphatic carbocycles. The number of benzene rings is 3. The zero-order valence-electron chi connectivity index (χ0n) is 15.0. The van der Waals surface area contributed by atoms with Crippen LogP contribution >= 0.6 is 34.8 Å². The first-order valence-corrected chi connectivity index (χ1v) is 10.2. The number of halogens is 3. The van der Waals surface area contributed by atoms with Crippen molar-refractivity contribution < 1.29 is 9.84 Å². The van der Waals surface area contributed by atoms with E-state index in [4.69, 9.17) is 44.6 Å². The normalized spacial score (nSPS) is 20.0. The number of hydrazone groups is 1. The molecule has 2 aliphatic heterocycles. The molecule has 0 spiro atoms. The minimum absolute atomic E-state index is 0.0345. The summed E-state index contributed by atoms with van der Waals surface area (Å²) in [7, 11) is 0. The Morgan fingerprint density at radius 2 is 1.69 bits per heavy atom. The van der Waals surface area contributed by atoms with Crippen LogP contribution in [0.25, 0.3) is 0 Å². The minimum atomic E-state index is -0.657. The van der Waals surface area contributed by atoms with Gasteiger partial charge in [-0.1, -0.05) is 65.1 Å². The standard InChI is InChI=1S/C22H15Cl3N2O2/c23-13-7-5-12(6-8-13)18-11-19-15-3-1-2-4-20(15)29-22(27(19)26-18)16-9-14(24)10-17(25)21(16)28/h1-10,19,22,28H,11H2/t19-,22+/m0/s1. The number of para-hydroxylation sites is 1. The fourth-order valence-electron chi connectivity index (χ4n) is 3.83. The molecule has 0 saturated heterocycles. The lowest BCUT2D eigenvalue weighted by atomic mass is 9.96. The van der Waals surface area contributed by atoms with Gasteiger partial charge in [-0.25, -0.2) is 5.01 Å². The van der Waals surface area contributed by atoms with E-state index in [9.17, 15) is 5.11 Å². The second kappa shape index (κ2) is 7.13. The number of aromatic hydroxyl groups is 1. The highest BCUT2D eigenvalue weighted by molar-refractivity contribution is 6.35. The molecule has 0 bridgehead atoms. The molecule has 3 aromatic rings. The largest absolute Gasteiger partial charge is 0.506 e. The van der Waals surface area contributed by atoms with Crippen LogP contribution in [-0.4, -0.2) is 15.8 Å². The molecule has 3 aromatic carbocycles. The maximum atomic E-state index is 10.6. The zero-order chi connectivity index (χ0) is 20.1. The number of ether oxygens (including phenoxy) is 1. The number of rotatable bonds is 2. The van der Waals surface area contributed by atoms with Crippen LogP contribution in [0.15, 0.2) is 65.8 Å². The molecule has 4 nitrogen and oxygen atoms in total. The summed E-state index contributed by atoms with van der Waals surface area (Å²) in [6.07, 6.45) is 0.0454. The summed E-state index contributed by atoms with van der Waals surface area (Å²) in [5.41, 5.74) is 3.44. The Kier molecular flexibility index (Phi) is 4.58.